The van der Waals surface area contributed by atoms with E-state index < -0.39 is 11.7 Å². The fourth-order valence-corrected chi connectivity index (χ4v) is 2.42. The molecule has 2 heterocycles. The summed E-state index contributed by atoms with van der Waals surface area (Å²) in [7, 11) is 0. The van der Waals surface area contributed by atoms with Crippen LogP contribution < -0.4 is 15.4 Å². The maximum absolute atomic E-state index is 12.8. The molecular weight excluding hydrogens is 323 g/mol. The number of nitrogens with one attached hydrogen (secondary N) is 3. The minimum atomic E-state index is -4.49. The Labute approximate surface area is 135 Å². The van der Waals surface area contributed by atoms with E-state index in [1.165, 1.54) is 6.92 Å². The summed E-state index contributed by atoms with van der Waals surface area (Å²) >= 11 is 0. The molecule has 6 nitrogen and oxygen atoms in total. The van der Waals surface area contributed by atoms with Gasteiger partial charge in [-0.05, 0) is 19.1 Å². The normalized spacial score (nSPS) is 13.5. The molecule has 0 atom stereocenters. The number of benzene rings is 1. The van der Waals surface area contributed by atoms with Crippen molar-refractivity contribution >= 4 is 23.5 Å². The molecule has 0 unspecified atom stereocenters. The van der Waals surface area contributed by atoms with Crippen LogP contribution in [0.2, 0.25) is 0 Å². The van der Waals surface area contributed by atoms with Crippen LogP contribution in [-0.2, 0) is 6.18 Å². The maximum atomic E-state index is 12.8. The Balaban J connectivity index is 1.94. The zero-order chi connectivity index (χ0) is 17.3. The van der Waals surface area contributed by atoms with Gasteiger partial charge >= 0.3 is 6.18 Å². The summed E-state index contributed by atoms with van der Waals surface area (Å²) in [6.07, 6.45) is -2.61. The van der Waals surface area contributed by atoms with Gasteiger partial charge < -0.3 is 20.8 Å². The summed E-state index contributed by atoms with van der Waals surface area (Å²) in [6, 6.07) is 3.39. The van der Waals surface area contributed by atoms with Crippen molar-refractivity contribution in [2.24, 2.45) is 0 Å². The third kappa shape index (κ3) is 2.97. The molecule has 0 spiro atoms. The van der Waals surface area contributed by atoms with Crippen molar-refractivity contribution in [2.45, 2.75) is 13.1 Å². The number of ether oxygens (including phenoxy) is 1. The van der Waals surface area contributed by atoms with Gasteiger partial charge in [-0.3, -0.25) is 0 Å². The van der Waals surface area contributed by atoms with Crippen LogP contribution in [-0.4, -0.2) is 29.3 Å². The third-order valence-electron chi connectivity index (χ3n) is 3.54. The first-order valence-corrected chi connectivity index (χ1v) is 7.12. The summed E-state index contributed by atoms with van der Waals surface area (Å²) in [6.45, 7) is 2.40. The summed E-state index contributed by atoms with van der Waals surface area (Å²) in [5.41, 5.74) is 0.635. The number of anilines is 3. The van der Waals surface area contributed by atoms with E-state index in [0.29, 0.717) is 35.8 Å². The van der Waals surface area contributed by atoms with E-state index in [2.05, 4.69) is 20.6 Å². The molecule has 0 aliphatic carbocycles. The van der Waals surface area contributed by atoms with Gasteiger partial charge in [-0.2, -0.15) is 13.2 Å². The Bertz CT molecular complexity index is 791. The first-order valence-electron chi connectivity index (χ1n) is 7.12. The molecule has 0 saturated carbocycles. The van der Waals surface area contributed by atoms with Crippen molar-refractivity contribution in [1.29, 1.82) is 5.41 Å². The highest BCUT2D eigenvalue weighted by Gasteiger charge is 2.33. The molecule has 0 saturated heterocycles. The van der Waals surface area contributed by atoms with Gasteiger partial charge in [-0.1, -0.05) is 0 Å². The molecule has 0 radical (unpaired) electrons. The Hall–Kier alpha value is -2.84. The van der Waals surface area contributed by atoms with Crippen LogP contribution >= 0.6 is 0 Å². The van der Waals surface area contributed by atoms with Gasteiger partial charge in [-0.25, -0.2) is 9.97 Å². The molecule has 1 aromatic heterocycles. The lowest BCUT2D eigenvalue weighted by atomic mass is 10.1. The van der Waals surface area contributed by atoms with Gasteiger partial charge in [0.15, 0.2) is 0 Å². The van der Waals surface area contributed by atoms with Crippen LogP contribution in [0.25, 0.3) is 0 Å². The van der Waals surface area contributed by atoms with Crippen molar-refractivity contribution in [3.63, 3.8) is 0 Å². The number of aryl methyl sites for hydroxylation is 1. The molecular formula is C15H14F3N5O. The largest absolute Gasteiger partial charge is 0.490 e. The minimum Gasteiger partial charge on any atom is -0.490 e. The molecule has 3 rings (SSSR count). The summed E-state index contributed by atoms with van der Waals surface area (Å²) in [5, 5.41) is 13.6. The topological polar surface area (TPSA) is 82.9 Å². The lowest BCUT2D eigenvalue weighted by Crippen LogP contribution is -2.19. The van der Waals surface area contributed by atoms with Crippen molar-refractivity contribution in [3.05, 3.63) is 35.2 Å². The van der Waals surface area contributed by atoms with E-state index in [1.807, 2.05) is 0 Å². The van der Waals surface area contributed by atoms with E-state index in [0.717, 1.165) is 12.4 Å². The highest BCUT2D eigenvalue weighted by molar-refractivity contribution is 5.96. The van der Waals surface area contributed by atoms with Gasteiger partial charge in [-0.15, -0.1) is 0 Å². The molecule has 0 bridgehead atoms. The molecule has 3 N–H and O–H groups in total. The smallest absolute Gasteiger partial charge is 0.419 e. The molecule has 1 aromatic carbocycles. The monoisotopic (exact) mass is 337 g/mol. The van der Waals surface area contributed by atoms with Gasteiger partial charge in [0.05, 0.1) is 22.6 Å². The van der Waals surface area contributed by atoms with Crippen LogP contribution in [0.4, 0.5) is 30.5 Å². The number of halogens is 3. The number of nitrogens with zero attached hydrogens (tertiary/aromatic N) is 2. The summed E-state index contributed by atoms with van der Waals surface area (Å²) in [4.78, 5) is 7.57. The predicted octanol–water partition coefficient (Wildman–Crippen LogP) is 3.35. The summed E-state index contributed by atoms with van der Waals surface area (Å²) in [5.74, 6) is 0.648. The molecule has 0 amide bonds. The number of rotatable bonds is 3. The Morgan fingerprint density at radius 3 is 2.83 bits per heavy atom. The fraction of sp³-hybridized carbons (Fsp3) is 0.267. The Kier molecular flexibility index (Phi) is 4.00. The maximum Gasteiger partial charge on any atom is 0.419 e. The number of alkyl halides is 3. The van der Waals surface area contributed by atoms with E-state index in [4.69, 9.17) is 10.1 Å². The van der Waals surface area contributed by atoms with Crippen LogP contribution in [0.3, 0.4) is 0 Å². The Morgan fingerprint density at radius 2 is 2.17 bits per heavy atom. The van der Waals surface area contributed by atoms with Crippen LogP contribution in [0.15, 0.2) is 18.3 Å². The van der Waals surface area contributed by atoms with Gasteiger partial charge in [0.25, 0.3) is 0 Å². The van der Waals surface area contributed by atoms with Crippen molar-refractivity contribution in [3.8, 4) is 5.75 Å². The average Bonchev–Trinajstić information content (AvgIpc) is 2.53. The number of fused-ring (bicyclic) bond motifs is 1. The van der Waals surface area contributed by atoms with E-state index in [1.54, 1.807) is 12.1 Å². The van der Waals surface area contributed by atoms with Crippen molar-refractivity contribution < 1.29 is 17.9 Å². The zero-order valence-electron chi connectivity index (χ0n) is 12.7. The van der Waals surface area contributed by atoms with Crippen LogP contribution in [0.1, 0.15) is 16.8 Å². The molecule has 1 aliphatic heterocycles. The average molecular weight is 337 g/mol. The molecule has 2 aromatic rings. The molecule has 24 heavy (non-hydrogen) atoms. The number of hydrogen-bond acceptors (Lipinski definition) is 6. The molecule has 0 fully saturated rings. The highest BCUT2D eigenvalue weighted by Crippen LogP contribution is 2.36. The minimum absolute atomic E-state index is 0.0280. The van der Waals surface area contributed by atoms with Gasteiger partial charge in [0.1, 0.15) is 12.4 Å². The SMILES string of the molecule is Cc1nc(Nc2ccc3c(c2C=N)NCCO3)ncc1C(F)(F)F. The van der Waals surface area contributed by atoms with E-state index >= 15 is 0 Å². The van der Waals surface area contributed by atoms with Crippen LogP contribution in [0.5, 0.6) is 5.75 Å². The lowest BCUT2D eigenvalue weighted by Gasteiger charge is -2.22. The second-order valence-electron chi connectivity index (χ2n) is 5.13. The second-order valence-corrected chi connectivity index (χ2v) is 5.13. The molecule has 1 aliphatic rings. The fourth-order valence-electron chi connectivity index (χ4n) is 2.42. The third-order valence-corrected chi connectivity index (χ3v) is 3.54. The first kappa shape index (κ1) is 16.0. The standard InChI is InChI=1S/C15H14F3N5O/c1-8-10(15(16,17)18)7-21-14(22-8)23-11-2-3-12-13(9(11)6-19)20-4-5-24-12/h2-3,6-7,19-20H,4-5H2,1H3,(H,21,22,23). The van der Waals surface area contributed by atoms with Gasteiger partial charge in [0, 0.05) is 24.5 Å². The Morgan fingerprint density at radius 1 is 1.38 bits per heavy atom. The number of aromatic nitrogens is 2. The zero-order valence-corrected chi connectivity index (χ0v) is 12.7. The van der Waals surface area contributed by atoms with Crippen molar-refractivity contribution in [2.75, 3.05) is 23.8 Å². The molecule has 9 heteroatoms. The predicted molar refractivity (Wildman–Crippen MR) is 83.4 cm³/mol. The number of hydrogen-bond donors (Lipinski definition) is 3. The van der Waals surface area contributed by atoms with E-state index in [-0.39, 0.29) is 11.6 Å². The highest BCUT2D eigenvalue weighted by atomic mass is 19.4. The lowest BCUT2D eigenvalue weighted by molar-refractivity contribution is -0.138. The van der Waals surface area contributed by atoms with Crippen LogP contribution in [0, 0.1) is 12.3 Å². The second kappa shape index (κ2) is 5.99. The van der Waals surface area contributed by atoms with Gasteiger partial charge in [0.2, 0.25) is 5.95 Å². The summed E-state index contributed by atoms with van der Waals surface area (Å²) < 4.78 is 43.8. The quantitative estimate of drug-likeness (QED) is 0.748. The molecule has 126 valence electrons. The first-order chi connectivity index (χ1) is 11.4. The van der Waals surface area contributed by atoms with Crippen molar-refractivity contribution in [1.82, 2.24) is 9.97 Å². The van der Waals surface area contributed by atoms with E-state index in [9.17, 15) is 13.2 Å².